The number of hydrogen-bond acceptors (Lipinski definition) is 1. The van der Waals surface area contributed by atoms with Crippen LogP contribution in [0.2, 0.25) is 0 Å². The number of carbonyl (C=O) groups excluding carboxylic acids is 1. The number of nitrogens with two attached hydrogens (primary N) is 1. The fraction of sp³-hybridized carbons (Fsp3) is 0.889. The van der Waals surface area contributed by atoms with Crippen molar-refractivity contribution in [3.63, 3.8) is 0 Å². The van der Waals surface area contributed by atoms with Gasteiger partial charge in [0.25, 0.3) is 0 Å². The van der Waals surface area contributed by atoms with Crippen LogP contribution in [-0.4, -0.2) is 11.8 Å². The van der Waals surface area contributed by atoms with E-state index in [1.807, 2.05) is 0 Å². The Morgan fingerprint density at radius 3 is 2.50 bits per heavy atom. The Morgan fingerprint density at radius 1 is 1.42 bits per heavy atom. The summed E-state index contributed by atoms with van der Waals surface area (Å²) in [5.74, 6) is 0.320. The molecule has 12 heavy (non-hydrogen) atoms. The van der Waals surface area contributed by atoms with Crippen LogP contribution in [0.15, 0.2) is 0 Å². The van der Waals surface area contributed by atoms with E-state index in [4.69, 9.17) is 17.3 Å². The van der Waals surface area contributed by atoms with Crippen molar-refractivity contribution in [2.24, 2.45) is 11.7 Å². The first-order valence-electron chi connectivity index (χ1n) is 4.57. The van der Waals surface area contributed by atoms with Crippen LogP contribution in [-0.2, 0) is 4.79 Å². The number of amides is 1. The molecule has 72 valence electrons. The maximum absolute atomic E-state index is 10.8. The number of halogens is 1. The predicted octanol–water partition coefficient (Wildman–Crippen LogP) is 2.30. The summed E-state index contributed by atoms with van der Waals surface area (Å²) >= 11 is 5.55. The molecule has 0 saturated heterocycles. The van der Waals surface area contributed by atoms with Crippen molar-refractivity contribution in [3.8, 4) is 0 Å². The maximum Gasteiger partial charge on any atom is 0.220 e. The molecule has 3 heteroatoms. The number of primary amides is 1. The van der Waals surface area contributed by atoms with Gasteiger partial charge in [-0.15, -0.1) is 11.6 Å². The minimum atomic E-state index is -0.202. The average molecular weight is 192 g/mol. The molecule has 0 aliphatic carbocycles. The van der Waals surface area contributed by atoms with Crippen LogP contribution in [0, 0.1) is 5.92 Å². The normalized spacial score (nSPS) is 12.8. The molecule has 0 fully saturated rings. The minimum absolute atomic E-state index is 0.00551. The van der Waals surface area contributed by atoms with Gasteiger partial charge in [-0.05, 0) is 12.8 Å². The monoisotopic (exact) mass is 191 g/mol. The largest absolute Gasteiger partial charge is 0.369 e. The molecule has 0 aliphatic rings. The number of carbonyl (C=O) groups is 1. The van der Waals surface area contributed by atoms with Crippen LogP contribution >= 0.6 is 11.6 Å². The fourth-order valence-electron chi connectivity index (χ4n) is 1.20. The van der Waals surface area contributed by atoms with Crippen LogP contribution < -0.4 is 5.73 Å². The summed E-state index contributed by atoms with van der Waals surface area (Å²) in [6.07, 6.45) is 5.05. The van der Waals surface area contributed by atoms with Gasteiger partial charge in [-0.25, -0.2) is 0 Å². The summed E-state index contributed by atoms with van der Waals surface area (Å²) in [4.78, 5) is 10.8. The molecule has 1 amide bonds. The lowest BCUT2D eigenvalue weighted by atomic mass is 9.98. The first-order valence-corrected chi connectivity index (χ1v) is 5.11. The van der Waals surface area contributed by atoms with Gasteiger partial charge in [0.15, 0.2) is 0 Å². The highest BCUT2D eigenvalue weighted by Crippen LogP contribution is 2.13. The van der Waals surface area contributed by atoms with Crippen molar-refractivity contribution in [2.45, 2.75) is 39.0 Å². The van der Waals surface area contributed by atoms with E-state index in [1.54, 1.807) is 0 Å². The number of unbranched alkanes of at least 4 members (excludes halogenated alkanes) is 2. The summed E-state index contributed by atoms with van der Waals surface area (Å²) in [6, 6.07) is 0. The van der Waals surface area contributed by atoms with Crippen molar-refractivity contribution in [1.29, 1.82) is 0 Å². The van der Waals surface area contributed by atoms with E-state index in [9.17, 15) is 4.79 Å². The third-order valence-corrected chi connectivity index (χ3v) is 2.23. The molecular weight excluding hydrogens is 174 g/mol. The second-order valence-corrected chi connectivity index (χ2v) is 3.45. The summed E-state index contributed by atoms with van der Waals surface area (Å²) in [7, 11) is 0. The molecule has 0 aromatic heterocycles. The zero-order valence-corrected chi connectivity index (χ0v) is 8.44. The average Bonchev–Trinajstić information content (AvgIpc) is 2.03. The highest BCUT2D eigenvalue weighted by atomic mass is 35.5. The van der Waals surface area contributed by atoms with Crippen LogP contribution in [0.3, 0.4) is 0 Å². The van der Waals surface area contributed by atoms with Crippen molar-refractivity contribution < 1.29 is 4.79 Å². The van der Waals surface area contributed by atoms with E-state index >= 15 is 0 Å². The first-order chi connectivity index (χ1) is 5.72. The zero-order valence-electron chi connectivity index (χ0n) is 7.68. The molecule has 0 saturated carbocycles. The Morgan fingerprint density at radius 2 is 2.08 bits per heavy atom. The number of rotatable bonds is 7. The van der Waals surface area contributed by atoms with Gasteiger partial charge in [0.05, 0.1) is 0 Å². The van der Waals surface area contributed by atoms with E-state index in [-0.39, 0.29) is 11.8 Å². The van der Waals surface area contributed by atoms with Gasteiger partial charge in [0.2, 0.25) is 5.91 Å². The number of alkyl halides is 1. The molecule has 1 atom stereocenters. The minimum Gasteiger partial charge on any atom is -0.369 e. The van der Waals surface area contributed by atoms with Gasteiger partial charge in [-0.2, -0.15) is 0 Å². The number of hydrogen-bond donors (Lipinski definition) is 1. The summed E-state index contributed by atoms with van der Waals surface area (Å²) < 4.78 is 0. The topological polar surface area (TPSA) is 43.1 Å². The maximum atomic E-state index is 10.8. The highest BCUT2D eigenvalue weighted by Gasteiger charge is 2.13. The Bertz CT molecular complexity index is 128. The summed E-state index contributed by atoms with van der Waals surface area (Å²) in [5, 5.41) is 0. The van der Waals surface area contributed by atoms with Gasteiger partial charge in [0, 0.05) is 11.8 Å². The smallest absolute Gasteiger partial charge is 0.220 e. The highest BCUT2D eigenvalue weighted by molar-refractivity contribution is 6.17. The second-order valence-electron chi connectivity index (χ2n) is 3.07. The quantitative estimate of drug-likeness (QED) is 0.487. The molecule has 2 nitrogen and oxygen atoms in total. The summed E-state index contributed by atoms with van der Waals surface area (Å²) in [5.41, 5.74) is 5.21. The molecule has 0 aromatic rings. The molecule has 0 aromatic carbocycles. The summed E-state index contributed by atoms with van der Waals surface area (Å²) in [6.45, 7) is 2.14. The Balaban J connectivity index is 3.56. The van der Waals surface area contributed by atoms with Crippen molar-refractivity contribution >= 4 is 17.5 Å². The molecule has 0 rings (SSSR count). The SMILES string of the molecule is CCCCCC(CCCl)C(N)=O. The lowest BCUT2D eigenvalue weighted by Crippen LogP contribution is -2.23. The van der Waals surface area contributed by atoms with Crippen LogP contribution in [0.1, 0.15) is 39.0 Å². The third-order valence-electron chi connectivity index (χ3n) is 2.02. The molecule has 1 unspecified atom stereocenters. The van der Waals surface area contributed by atoms with Gasteiger partial charge in [0.1, 0.15) is 0 Å². The molecular formula is C9H18ClNO. The van der Waals surface area contributed by atoms with Crippen LogP contribution in [0.4, 0.5) is 0 Å². The third kappa shape index (κ3) is 5.42. The Labute approximate surface area is 79.5 Å². The predicted molar refractivity (Wildman–Crippen MR) is 52.2 cm³/mol. The second kappa shape index (κ2) is 7.41. The van der Waals surface area contributed by atoms with Crippen LogP contribution in [0.5, 0.6) is 0 Å². The van der Waals surface area contributed by atoms with Crippen molar-refractivity contribution in [1.82, 2.24) is 0 Å². The molecule has 0 spiro atoms. The van der Waals surface area contributed by atoms with Gasteiger partial charge in [-0.1, -0.05) is 26.2 Å². The Hall–Kier alpha value is -0.240. The fourth-order valence-corrected chi connectivity index (χ4v) is 1.46. The molecule has 2 N–H and O–H groups in total. The molecule has 0 bridgehead atoms. The molecule has 0 aliphatic heterocycles. The van der Waals surface area contributed by atoms with Crippen LogP contribution in [0.25, 0.3) is 0 Å². The molecule has 0 heterocycles. The van der Waals surface area contributed by atoms with E-state index in [0.717, 1.165) is 19.3 Å². The lowest BCUT2D eigenvalue weighted by Gasteiger charge is -2.10. The van der Waals surface area contributed by atoms with Crippen molar-refractivity contribution in [3.05, 3.63) is 0 Å². The molecule has 0 radical (unpaired) electrons. The lowest BCUT2D eigenvalue weighted by molar-refractivity contribution is -0.122. The van der Waals surface area contributed by atoms with E-state index in [0.29, 0.717) is 5.88 Å². The van der Waals surface area contributed by atoms with Crippen molar-refractivity contribution in [2.75, 3.05) is 5.88 Å². The zero-order chi connectivity index (χ0) is 9.40. The van der Waals surface area contributed by atoms with Gasteiger partial charge < -0.3 is 5.73 Å². The van der Waals surface area contributed by atoms with E-state index in [2.05, 4.69) is 6.92 Å². The van der Waals surface area contributed by atoms with Gasteiger partial charge in [-0.3, -0.25) is 4.79 Å². The standard InChI is InChI=1S/C9H18ClNO/c1-2-3-4-5-8(6-7-10)9(11)12/h8H,2-7H2,1H3,(H2,11,12). The van der Waals surface area contributed by atoms with E-state index in [1.165, 1.54) is 12.8 Å². The Kier molecular flexibility index (Phi) is 7.26. The first kappa shape index (κ1) is 11.8. The van der Waals surface area contributed by atoms with E-state index < -0.39 is 0 Å². The van der Waals surface area contributed by atoms with Gasteiger partial charge >= 0.3 is 0 Å².